The Bertz CT molecular complexity index is 724. The summed E-state index contributed by atoms with van der Waals surface area (Å²) in [5, 5.41) is 17.4. The number of carbonyl (C=O) groups excluding carboxylic acids is 1. The second-order valence-corrected chi connectivity index (χ2v) is 4.57. The van der Waals surface area contributed by atoms with E-state index < -0.39 is 4.92 Å². The number of aromatic nitrogens is 2. The van der Waals surface area contributed by atoms with Crippen molar-refractivity contribution in [1.82, 2.24) is 9.78 Å². The molecule has 0 bridgehead atoms. The summed E-state index contributed by atoms with van der Waals surface area (Å²) in [4.78, 5) is 21.9. The lowest BCUT2D eigenvalue weighted by atomic mass is 10.2. The van der Waals surface area contributed by atoms with Crippen molar-refractivity contribution in [2.45, 2.75) is 0 Å². The molecule has 0 aliphatic rings. The SMILES string of the molecule is Cn1ccc(NC(=O)/C=C/c2ccc(Cl)c([N+](=O)[O-])c2)n1. The summed E-state index contributed by atoms with van der Waals surface area (Å²) >= 11 is 5.71. The third-order valence-corrected chi connectivity index (χ3v) is 2.88. The number of amides is 1. The molecule has 1 aromatic carbocycles. The van der Waals surface area contributed by atoms with Crippen LogP contribution in [-0.4, -0.2) is 20.6 Å². The van der Waals surface area contributed by atoms with Crippen molar-refractivity contribution < 1.29 is 9.72 Å². The molecule has 0 fully saturated rings. The van der Waals surface area contributed by atoms with Crippen LogP contribution >= 0.6 is 11.6 Å². The fourth-order valence-corrected chi connectivity index (χ4v) is 1.78. The van der Waals surface area contributed by atoms with Crippen molar-refractivity contribution in [2.75, 3.05) is 5.32 Å². The minimum absolute atomic E-state index is 0.0510. The number of halogens is 1. The number of nitro groups is 1. The molecule has 1 N–H and O–H groups in total. The van der Waals surface area contributed by atoms with Crippen LogP contribution in [0.5, 0.6) is 0 Å². The minimum atomic E-state index is -0.576. The molecule has 2 aromatic rings. The van der Waals surface area contributed by atoms with E-state index in [0.717, 1.165) is 0 Å². The molecule has 1 amide bonds. The molecule has 0 saturated heterocycles. The van der Waals surface area contributed by atoms with Crippen LogP contribution in [0.1, 0.15) is 5.56 Å². The number of anilines is 1. The van der Waals surface area contributed by atoms with E-state index >= 15 is 0 Å². The number of rotatable bonds is 4. The largest absolute Gasteiger partial charge is 0.306 e. The zero-order valence-electron chi connectivity index (χ0n) is 11.0. The maximum atomic E-state index is 11.7. The zero-order chi connectivity index (χ0) is 15.4. The lowest BCUT2D eigenvalue weighted by molar-refractivity contribution is -0.384. The van der Waals surface area contributed by atoms with Crippen LogP contribution in [0.15, 0.2) is 36.5 Å². The smallest absolute Gasteiger partial charge is 0.288 e. The van der Waals surface area contributed by atoms with Crippen LogP contribution in [0.25, 0.3) is 6.08 Å². The summed E-state index contributed by atoms with van der Waals surface area (Å²) in [7, 11) is 1.73. The molecular formula is C13H11ClN4O3. The Morgan fingerprint density at radius 2 is 2.24 bits per heavy atom. The molecule has 108 valence electrons. The summed E-state index contributed by atoms with van der Waals surface area (Å²) in [5.41, 5.74) is 0.297. The molecule has 0 unspecified atom stereocenters. The Hall–Kier alpha value is -2.67. The normalized spacial score (nSPS) is 10.8. The van der Waals surface area contributed by atoms with Gasteiger partial charge in [-0.25, -0.2) is 0 Å². The monoisotopic (exact) mass is 306 g/mol. The van der Waals surface area contributed by atoms with E-state index in [1.165, 1.54) is 24.3 Å². The number of hydrogen-bond donors (Lipinski definition) is 1. The second-order valence-electron chi connectivity index (χ2n) is 4.17. The molecule has 1 aromatic heterocycles. The van der Waals surface area contributed by atoms with Crippen molar-refractivity contribution in [3.05, 3.63) is 57.2 Å². The van der Waals surface area contributed by atoms with Crippen LogP contribution < -0.4 is 5.32 Å². The summed E-state index contributed by atoms with van der Waals surface area (Å²) in [6.07, 6.45) is 4.42. The Balaban J connectivity index is 2.08. The predicted octanol–water partition coefficient (Wildman–Crippen LogP) is 2.63. The Kier molecular flexibility index (Phi) is 4.34. The average molecular weight is 307 g/mol. The number of aryl methyl sites for hydroxylation is 1. The second kappa shape index (κ2) is 6.19. The van der Waals surface area contributed by atoms with Crippen molar-refractivity contribution in [3.63, 3.8) is 0 Å². The molecule has 7 nitrogen and oxygen atoms in total. The number of benzene rings is 1. The topological polar surface area (TPSA) is 90.1 Å². The Labute approximate surface area is 125 Å². The van der Waals surface area contributed by atoms with Gasteiger partial charge in [0.25, 0.3) is 5.69 Å². The van der Waals surface area contributed by atoms with Crippen molar-refractivity contribution in [1.29, 1.82) is 0 Å². The van der Waals surface area contributed by atoms with Crippen LogP contribution in [0, 0.1) is 10.1 Å². The van der Waals surface area contributed by atoms with Gasteiger partial charge in [-0.15, -0.1) is 0 Å². The van der Waals surface area contributed by atoms with Crippen LogP contribution in [0.3, 0.4) is 0 Å². The Morgan fingerprint density at radius 3 is 2.86 bits per heavy atom. The molecule has 8 heteroatoms. The van der Waals surface area contributed by atoms with E-state index in [4.69, 9.17) is 11.6 Å². The maximum absolute atomic E-state index is 11.7. The highest BCUT2D eigenvalue weighted by Gasteiger charge is 2.11. The van der Waals surface area contributed by atoms with Crippen LogP contribution in [0.2, 0.25) is 5.02 Å². The molecule has 21 heavy (non-hydrogen) atoms. The minimum Gasteiger partial charge on any atom is -0.306 e. The van der Waals surface area contributed by atoms with Gasteiger partial charge in [0, 0.05) is 31.5 Å². The molecule has 0 radical (unpaired) electrons. The van der Waals surface area contributed by atoms with Gasteiger partial charge in [-0.3, -0.25) is 19.6 Å². The molecule has 0 aliphatic carbocycles. The first-order valence-electron chi connectivity index (χ1n) is 5.88. The lowest BCUT2D eigenvalue weighted by Crippen LogP contribution is -2.08. The van der Waals surface area contributed by atoms with Gasteiger partial charge < -0.3 is 5.32 Å². The molecule has 0 spiro atoms. The van der Waals surface area contributed by atoms with Gasteiger partial charge in [0.05, 0.1) is 4.92 Å². The van der Waals surface area contributed by atoms with Crippen LogP contribution in [0.4, 0.5) is 11.5 Å². The maximum Gasteiger partial charge on any atom is 0.288 e. The number of hydrogen-bond acceptors (Lipinski definition) is 4. The van der Waals surface area contributed by atoms with Crippen molar-refractivity contribution in [3.8, 4) is 0 Å². The summed E-state index contributed by atoms with van der Waals surface area (Å²) in [6, 6.07) is 5.95. The molecule has 0 aliphatic heterocycles. The average Bonchev–Trinajstić information content (AvgIpc) is 2.82. The molecular weight excluding hydrogens is 296 g/mol. The molecule has 1 heterocycles. The molecule has 0 saturated carbocycles. The highest BCUT2D eigenvalue weighted by atomic mass is 35.5. The van der Waals surface area contributed by atoms with E-state index in [1.807, 2.05) is 0 Å². The quantitative estimate of drug-likeness (QED) is 0.534. The van der Waals surface area contributed by atoms with Gasteiger partial charge in [-0.2, -0.15) is 5.10 Å². The highest BCUT2D eigenvalue weighted by Crippen LogP contribution is 2.25. The van der Waals surface area contributed by atoms with Gasteiger partial charge in [0.1, 0.15) is 5.02 Å². The van der Waals surface area contributed by atoms with E-state index in [9.17, 15) is 14.9 Å². The summed E-state index contributed by atoms with van der Waals surface area (Å²) < 4.78 is 1.56. The van der Waals surface area contributed by atoms with E-state index in [1.54, 1.807) is 30.1 Å². The zero-order valence-corrected chi connectivity index (χ0v) is 11.7. The fourth-order valence-electron chi connectivity index (χ4n) is 1.59. The number of nitrogens with one attached hydrogen (secondary N) is 1. The van der Waals surface area contributed by atoms with E-state index in [-0.39, 0.29) is 16.6 Å². The third-order valence-electron chi connectivity index (χ3n) is 2.56. The number of nitro benzene ring substituents is 1. The first kappa shape index (κ1) is 14.7. The van der Waals surface area contributed by atoms with Crippen LogP contribution in [-0.2, 0) is 11.8 Å². The van der Waals surface area contributed by atoms with E-state index in [0.29, 0.717) is 11.4 Å². The summed E-state index contributed by atoms with van der Waals surface area (Å²) in [5.74, 6) is 0.0422. The van der Waals surface area contributed by atoms with Gasteiger partial charge in [0.15, 0.2) is 5.82 Å². The van der Waals surface area contributed by atoms with Crippen molar-refractivity contribution >= 4 is 35.1 Å². The summed E-state index contributed by atoms with van der Waals surface area (Å²) in [6.45, 7) is 0. The Morgan fingerprint density at radius 1 is 1.48 bits per heavy atom. The van der Waals surface area contributed by atoms with Crippen molar-refractivity contribution in [2.24, 2.45) is 7.05 Å². The first-order chi connectivity index (χ1) is 9.95. The number of carbonyl (C=O) groups is 1. The molecule has 0 atom stereocenters. The molecule has 2 rings (SSSR count). The van der Waals surface area contributed by atoms with Gasteiger partial charge in [-0.1, -0.05) is 17.7 Å². The lowest BCUT2D eigenvalue weighted by Gasteiger charge is -1.98. The standard InChI is InChI=1S/C13H11ClN4O3/c1-17-7-6-12(16-17)15-13(19)5-3-9-2-4-10(14)11(8-9)18(20)21/h2-8H,1H3,(H,15,16,19)/b5-3+. The highest BCUT2D eigenvalue weighted by molar-refractivity contribution is 6.32. The third kappa shape index (κ3) is 3.90. The van der Waals surface area contributed by atoms with Gasteiger partial charge in [0.2, 0.25) is 5.91 Å². The fraction of sp³-hybridized carbons (Fsp3) is 0.0769. The van der Waals surface area contributed by atoms with Gasteiger partial charge >= 0.3 is 0 Å². The number of nitrogens with zero attached hydrogens (tertiary/aromatic N) is 3. The first-order valence-corrected chi connectivity index (χ1v) is 6.26. The van der Waals surface area contributed by atoms with E-state index in [2.05, 4.69) is 10.4 Å². The van der Waals surface area contributed by atoms with Gasteiger partial charge in [-0.05, 0) is 17.7 Å². The predicted molar refractivity (Wildman–Crippen MR) is 79.0 cm³/mol.